The molecule has 0 radical (unpaired) electrons. The minimum absolute atomic E-state index is 0.466. The first-order valence-corrected chi connectivity index (χ1v) is 6.84. The van der Waals surface area contributed by atoms with Gasteiger partial charge in [-0.3, -0.25) is 4.68 Å². The van der Waals surface area contributed by atoms with Crippen LogP contribution in [0.25, 0.3) is 0 Å². The average Bonchev–Trinajstić information content (AvgIpc) is 3.09. The smallest absolute Gasteiger partial charge is 0.142 e. The third-order valence-electron chi connectivity index (χ3n) is 3.66. The fourth-order valence-electron chi connectivity index (χ4n) is 2.59. The Hall–Kier alpha value is -1.97. The molecule has 4 heteroatoms. The summed E-state index contributed by atoms with van der Waals surface area (Å²) in [5, 5.41) is 4.59. The predicted octanol–water partition coefficient (Wildman–Crippen LogP) is 3.16. The molecule has 1 aromatic carbocycles. The number of para-hydroxylation sites is 2. The Morgan fingerprint density at radius 2 is 2.00 bits per heavy atom. The molecule has 1 aromatic heterocycles. The van der Waals surface area contributed by atoms with Crippen LogP contribution in [0.1, 0.15) is 37.4 Å². The Balaban J connectivity index is 1.63. The molecule has 1 aliphatic rings. The Bertz CT molecular complexity index is 544. The molecule has 1 fully saturated rings. The molecule has 2 N–H and O–H groups in total. The van der Waals surface area contributed by atoms with Crippen molar-refractivity contribution in [3.63, 3.8) is 0 Å². The van der Waals surface area contributed by atoms with Gasteiger partial charge in [-0.05, 0) is 31.0 Å². The van der Waals surface area contributed by atoms with Crippen molar-refractivity contribution in [1.82, 2.24) is 9.78 Å². The topological polar surface area (TPSA) is 53.1 Å². The van der Waals surface area contributed by atoms with Gasteiger partial charge in [0, 0.05) is 6.20 Å². The number of aromatic nitrogens is 2. The molecule has 0 unspecified atom stereocenters. The van der Waals surface area contributed by atoms with Crippen molar-refractivity contribution in [3.8, 4) is 5.75 Å². The van der Waals surface area contributed by atoms with Crippen LogP contribution in [-0.2, 0) is 6.61 Å². The van der Waals surface area contributed by atoms with Gasteiger partial charge in [-0.25, -0.2) is 0 Å². The standard InChI is InChI=1S/C15H19N3O/c16-14-7-3-4-8-15(14)19-11-12-9-10-18(17-12)13-5-1-2-6-13/h3-4,7-10,13H,1-2,5-6,11,16H2. The number of nitrogens with zero attached hydrogens (tertiary/aromatic N) is 2. The average molecular weight is 257 g/mol. The van der Waals surface area contributed by atoms with Crippen LogP contribution >= 0.6 is 0 Å². The molecule has 0 amide bonds. The van der Waals surface area contributed by atoms with Crippen LogP contribution < -0.4 is 10.5 Å². The van der Waals surface area contributed by atoms with Gasteiger partial charge in [0.05, 0.1) is 17.4 Å². The van der Waals surface area contributed by atoms with Crippen LogP contribution in [0.3, 0.4) is 0 Å². The lowest BCUT2D eigenvalue weighted by atomic mass is 10.3. The number of hydrogen-bond donors (Lipinski definition) is 1. The summed E-state index contributed by atoms with van der Waals surface area (Å²) in [4.78, 5) is 0. The molecule has 100 valence electrons. The van der Waals surface area contributed by atoms with Crippen molar-refractivity contribution in [1.29, 1.82) is 0 Å². The van der Waals surface area contributed by atoms with Crippen LogP contribution in [0.15, 0.2) is 36.5 Å². The summed E-state index contributed by atoms with van der Waals surface area (Å²) in [6.07, 6.45) is 7.18. The van der Waals surface area contributed by atoms with E-state index in [2.05, 4.69) is 16.0 Å². The summed E-state index contributed by atoms with van der Waals surface area (Å²) in [6, 6.07) is 10.1. The minimum atomic E-state index is 0.466. The molecule has 3 rings (SSSR count). The number of nitrogen functional groups attached to an aromatic ring is 1. The van der Waals surface area contributed by atoms with Crippen LogP contribution in [0.4, 0.5) is 5.69 Å². The zero-order chi connectivity index (χ0) is 13.1. The molecule has 0 aliphatic heterocycles. The maximum absolute atomic E-state index is 5.84. The van der Waals surface area contributed by atoms with E-state index in [4.69, 9.17) is 10.5 Å². The maximum atomic E-state index is 5.84. The molecule has 0 saturated heterocycles. The van der Waals surface area contributed by atoms with Gasteiger partial charge in [0.2, 0.25) is 0 Å². The third-order valence-corrected chi connectivity index (χ3v) is 3.66. The zero-order valence-electron chi connectivity index (χ0n) is 11.0. The van der Waals surface area contributed by atoms with E-state index in [1.807, 2.05) is 30.3 Å². The van der Waals surface area contributed by atoms with Crippen molar-refractivity contribution in [3.05, 3.63) is 42.2 Å². The van der Waals surface area contributed by atoms with E-state index in [-0.39, 0.29) is 0 Å². The van der Waals surface area contributed by atoms with E-state index < -0.39 is 0 Å². The van der Waals surface area contributed by atoms with Gasteiger partial charge >= 0.3 is 0 Å². The van der Waals surface area contributed by atoms with E-state index in [1.54, 1.807) is 0 Å². The second-order valence-electron chi connectivity index (χ2n) is 5.05. The zero-order valence-corrected chi connectivity index (χ0v) is 11.0. The van der Waals surface area contributed by atoms with Crippen molar-refractivity contribution in [2.24, 2.45) is 0 Å². The minimum Gasteiger partial charge on any atom is -0.485 e. The predicted molar refractivity (Wildman–Crippen MR) is 74.9 cm³/mol. The summed E-state index contributed by atoms with van der Waals surface area (Å²) in [6.45, 7) is 0.466. The number of rotatable bonds is 4. The second-order valence-corrected chi connectivity index (χ2v) is 5.05. The summed E-state index contributed by atoms with van der Waals surface area (Å²) >= 11 is 0. The van der Waals surface area contributed by atoms with Gasteiger partial charge in [-0.1, -0.05) is 25.0 Å². The molecule has 4 nitrogen and oxygen atoms in total. The summed E-state index contributed by atoms with van der Waals surface area (Å²) in [7, 11) is 0. The Morgan fingerprint density at radius 3 is 2.79 bits per heavy atom. The van der Waals surface area contributed by atoms with E-state index in [0.29, 0.717) is 18.3 Å². The first-order valence-electron chi connectivity index (χ1n) is 6.84. The first-order chi connectivity index (χ1) is 9.33. The fraction of sp³-hybridized carbons (Fsp3) is 0.400. The number of hydrogen-bond acceptors (Lipinski definition) is 3. The lowest BCUT2D eigenvalue weighted by Crippen LogP contribution is -2.06. The van der Waals surface area contributed by atoms with Gasteiger partial charge < -0.3 is 10.5 Å². The molecular formula is C15H19N3O. The molecule has 0 spiro atoms. The normalized spacial score (nSPS) is 15.8. The van der Waals surface area contributed by atoms with Gasteiger partial charge in [0.25, 0.3) is 0 Å². The highest BCUT2D eigenvalue weighted by Gasteiger charge is 2.17. The lowest BCUT2D eigenvalue weighted by molar-refractivity contribution is 0.299. The van der Waals surface area contributed by atoms with Gasteiger partial charge in [0.1, 0.15) is 12.4 Å². The van der Waals surface area contributed by atoms with Gasteiger partial charge in [-0.2, -0.15) is 5.10 Å². The number of ether oxygens (including phenoxy) is 1. The fourth-order valence-corrected chi connectivity index (χ4v) is 2.59. The van der Waals surface area contributed by atoms with E-state index in [9.17, 15) is 0 Å². The lowest BCUT2D eigenvalue weighted by Gasteiger charge is -2.09. The van der Waals surface area contributed by atoms with Crippen LogP contribution in [0, 0.1) is 0 Å². The highest BCUT2D eigenvalue weighted by atomic mass is 16.5. The summed E-state index contributed by atoms with van der Waals surface area (Å²) < 4.78 is 7.78. The number of nitrogens with two attached hydrogens (primary N) is 1. The van der Waals surface area contributed by atoms with Crippen molar-refractivity contribution in [2.45, 2.75) is 38.3 Å². The molecular weight excluding hydrogens is 238 g/mol. The molecule has 1 saturated carbocycles. The monoisotopic (exact) mass is 257 g/mol. The molecule has 2 aromatic rings. The quantitative estimate of drug-likeness (QED) is 0.856. The Labute approximate surface area is 113 Å². The van der Waals surface area contributed by atoms with Crippen molar-refractivity contribution >= 4 is 5.69 Å². The molecule has 19 heavy (non-hydrogen) atoms. The molecule has 0 atom stereocenters. The summed E-state index contributed by atoms with van der Waals surface area (Å²) in [5.74, 6) is 0.720. The Kier molecular flexibility index (Phi) is 3.40. The highest BCUT2D eigenvalue weighted by Crippen LogP contribution is 2.29. The van der Waals surface area contributed by atoms with Crippen molar-refractivity contribution in [2.75, 3.05) is 5.73 Å². The summed E-state index contributed by atoms with van der Waals surface area (Å²) in [5.41, 5.74) is 7.46. The second kappa shape index (κ2) is 5.34. The molecule has 0 bridgehead atoms. The molecule has 1 aliphatic carbocycles. The molecule has 1 heterocycles. The van der Waals surface area contributed by atoms with E-state index >= 15 is 0 Å². The van der Waals surface area contributed by atoms with Crippen molar-refractivity contribution < 1.29 is 4.74 Å². The first kappa shape index (κ1) is 12.1. The van der Waals surface area contributed by atoms with Gasteiger partial charge in [0.15, 0.2) is 0 Å². The van der Waals surface area contributed by atoms with Crippen LogP contribution in [0.2, 0.25) is 0 Å². The highest BCUT2D eigenvalue weighted by molar-refractivity contribution is 5.51. The third kappa shape index (κ3) is 2.72. The number of anilines is 1. The number of benzene rings is 1. The largest absolute Gasteiger partial charge is 0.485 e. The van der Waals surface area contributed by atoms with Gasteiger partial charge in [-0.15, -0.1) is 0 Å². The van der Waals surface area contributed by atoms with Crippen LogP contribution in [-0.4, -0.2) is 9.78 Å². The maximum Gasteiger partial charge on any atom is 0.142 e. The Morgan fingerprint density at radius 1 is 1.21 bits per heavy atom. The van der Waals surface area contributed by atoms with E-state index in [0.717, 1.165) is 11.4 Å². The van der Waals surface area contributed by atoms with Crippen LogP contribution in [0.5, 0.6) is 5.75 Å². The van der Waals surface area contributed by atoms with E-state index in [1.165, 1.54) is 25.7 Å². The SMILES string of the molecule is Nc1ccccc1OCc1ccn(C2CCCC2)n1.